The minimum atomic E-state index is -3.80. The van der Waals surface area contributed by atoms with Gasteiger partial charge in [-0.05, 0) is 59.3 Å². The van der Waals surface area contributed by atoms with E-state index in [-0.39, 0.29) is 23.7 Å². The molecule has 0 spiro atoms. The highest BCUT2D eigenvalue weighted by Gasteiger charge is 2.42. The maximum atomic E-state index is 12.2. The van der Waals surface area contributed by atoms with Crippen LogP contribution in [0.2, 0.25) is 0 Å². The Morgan fingerprint density at radius 3 is 2.19 bits per heavy atom. The minimum Gasteiger partial charge on any atom is -0.495 e. The summed E-state index contributed by atoms with van der Waals surface area (Å²) in [5.74, 6) is 1.37. The maximum Gasteiger partial charge on any atom is 0.297 e. The van der Waals surface area contributed by atoms with E-state index in [1.54, 1.807) is 26.4 Å². The second-order valence-corrected chi connectivity index (χ2v) is 8.58. The van der Waals surface area contributed by atoms with Crippen LogP contribution in [-0.2, 0) is 19.0 Å². The van der Waals surface area contributed by atoms with Crippen LogP contribution in [0.25, 0.3) is 0 Å². The molecule has 26 heavy (non-hydrogen) atoms. The van der Waals surface area contributed by atoms with Crippen LogP contribution in [0.1, 0.15) is 17.2 Å². The Kier molecular flexibility index (Phi) is 5.75. The van der Waals surface area contributed by atoms with Crippen molar-refractivity contribution in [3.8, 4) is 11.5 Å². The Morgan fingerprint density at radius 2 is 1.65 bits per heavy atom. The highest BCUT2D eigenvalue weighted by atomic mass is 127. The van der Waals surface area contributed by atoms with Gasteiger partial charge in [-0.3, -0.25) is 4.18 Å². The quantitative estimate of drug-likeness (QED) is 0.336. The number of rotatable bonds is 7. The van der Waals surface area contributed by atoms with Gasteiger partial charge in [0.2, 0.25) is 0 Å². The average molecular weight is 490 g/mol. The van der Waals surface area contributed by atoms with Crippen molar-refractivity contribution in [3.05, 3.63) is 51.1 Å². The summed E-state index contributed by atoms with van der Waals surface area (Å²) in [4.78, 5) is 0.137. The minimum absolute atomic E-state index is 0.0442. The SMILES string of the molecule is COc1cc([C@H]2O[C@H]2COS(=O)(=O)c2ccc(C)cc2)cc(OC)c1I. The topological polar surface area (TPSA) is 74.4 Å². The number of epoxide rings is 1. The zero-order valence-corrected chi connectivity index (χ0v) is 17.5. The number of ether oxygens (including phenoxy) is 3. The summed E-state index contributed by atoms with van der Waals surface area (Å²) in [7, 11) is -0.628. The summed E-state index contributed by atoms with van der Waals surface area (Å²) in [6.07, 6.45) is -0.576. The van der Waals surface area contributed by atoms with Gasteiger partial charge in [0.1, 0.15) is 23.7 Å². The van der Waals surface area contributed by atoms with Crippen molar-refractivity contribution in [2.75, 3.05) is 20.8 Å². The van der Waals surface area contributed by atoms with E-state index < -0.39 is 10.1 Å². The number of aryl methyl sites for hydroxylation is 1. The molecule has 8 heteroatoms. The van der Waals surface area contributed by atoms with Gasteiger partial charge in [-0.1, -0.05) is 17.7 Å². The fourth-order valence-electron chi connectivity index (χ4n) is 2.55. The van der Waals surface area contributed by atoms with Crippen molar-refractivity contribution < 1.29 is 26.8 Å². The van der Waals surface area contributed by atoms with Crippen LogP contribution in [-0.4, -0.2) is 35.3 Å². The van der Waals surface area contributed by atoms with Gasteiger partial charge in [0, 0.05) is 0 Å². The summed E-state index contributed by atoms with van der Waals surface area (Å²) >= 11 is 2.15. The lowest BCUT2D eigenvalue weighted by atomic mass is 10.1. The molecule has 0 N–H and O–H groups in total. The van der Waals surface area contributed by atoms with Gasteiger partial charge >= 0.3 is 0 Å². The molecule has 0 bridgehead atoms. The highest BCUT2D eigenvalue weighted by Crippen LogP contribution is 2.43. The van der Waals surface area contributed by atoms with Crippen LogP contribution in [0.4, 0.5) is 0 Å². The van der Waals surface area contributed by atoms with E-state index in [4.69, 9.17) is 18.4 Å². The van der Waals surface area contributed by atoms with Gasteiger partial charge in [-0.15, -0.1) is 0 Å². The van der Waals surface area contributed by atoms with Gasteiger partial charge in [-0.25, -0.2) is 0 Å². The summed E-state index contributed by atoms with van der Waals surface area (Å²) in [6.45, 7) is 1.85. The molecule has 2 aromatic carbocycles. The van der Waals surface area contributed by atoms with E-state index in [2.05, 4.69) is 22.6 Å². The van der Waals surface area contributed by atoms with Crippen LogP contribution in [0.5, 0.6) is 11.5 Å². The standard InChI is InChI=1S/C18H19IO6S/c1-11-4-6-13(7-5-11)26(20,21)24-10-16-18(25-16)12-8-14(22-2)17(19)15(9-12)23-3/h4-9,16,18H,10H2,1-3H3/t16-,18+/m0/s1. The van der Waals surface area contributed by atoms with Crippen molar-refractivity contribution in [3.63, 3.8) is 0 Å². The zero-order chi connectivity index (χ0) is 18.9. The number of hydrogen-bond acceptors (Lipinski definition) is 6. The molecule has 1 fully saturated rings. The number of halogens is 1. The van der Waals surface area contributed by atoms with E-state index in [0.29, 0.717) is 11.5 Å². The van der Waals surface area contributed by atoms with Crippen molar-refractivity contribution in [1.29, 1.82) is 0 Å². The fourth-order valence-corrected chi connectivity index (χ4v) is 4.22. The molecular formula is C18H19IO6S. The molecule has 3 rings (SSSR count). The molecule has 0 saturated carbocycles. The number of benzene rings is 2. The summed E-state index contributed by atoms with van der Waals surface area (Å²) in [5, 5.41) is 0. The van der Waals surface area contributed by atoms with Crippen molar-refractivity contribution in [2.45, 2.75) is 24.0 Å². The lowest BCUT2D eigenvalue weighted by Gasteiger charge is -2.10. The van der Waals surface area contributed by atoms with Crippen LogP contribution in [0, 0.1) is 10.5 Å². The number of methoxy groups -OCH3 is 2. The average Bonchev–Trinajstić information content (AvgIpc) is 3.40. The van der Waals surface area contributed by atoms with Crippen LogP contribution in [0.3, 0.4) is 0 Å². The van der Waals surface area contributed by atoms with Gasteiger partial charge in [0.25, 0.3) is 10.1 Å². The summed E-state index contributed by atoms with van der Waals surface area (Å²) in [6, 6.07) is 10.3. The summed E-state index contributed by atoms with van der Waals surface area (Å²) in [5.41, 5.74) is 1.84. The largest absolute Gasteiger partial charge is 0.495 e. The third-order valence-electron chi connectivity index (χ3n) is 4.08. The summed E-state index contributed by atoms with van der Waals surface area (Å²) < 4.78 is 46.8. The van der Waals surface area contributed by atoms with E-state index >= 15 is 0 Å². The van der Waals surface area contributed by atoms with Crippen molar-refractivity contribution in [1.82, 2.24) is 0 Å². The molecule has 0 aliphatic carbocycles. The maximum absolute atomic E-state index is 12.2. The predicted molar refractivity (Wildman–Crippen MR) is 104 cm³/mol. The molecule has 6 nitrogen and oxygen atoms in total. The lowest BCUT2D eigenvalue weighted by Crippen LogP contribution is -2.11. The number of hydrogen-bond donors (Lipinski definition) is 0. The van der Waals surface area contributed by atoms with E-state index in [0.717, 1.165) is 14.7 Å². The molecule has 1 heterocycles. The Morgan fingerprint density at radius 1 is 1.08 bits per heavy atom. The molecule has 0 radical (unpaired) electrons. The van der Waals surface area contributed by atoms with E-state index in [1.807, 2.05) is 19.1 Å². The van der Waals surface area contributed by atoms with Gasteiger partial charge in [-0.2, -0.15) is 8.42 Å². The van der Waals surface area contributed by atoms with Gasteiger partial charge < -0.3 is 14.2 Å². The molecule has 0 unspecified atom stereocenters. The first kappa shape index (κ1) is 19.4. The molecular weight excluding hydrogens is 471 g/mol. The Labute approximate surface area is 166 Å². The Bertz CT molecular complexity index is 869. The van der Waals surface area contributed by atoms with Crippen molar-refractivity contribution in [2.24, 2.45) is 0 Å². The molecule has 0 aromatic heterocycles. The monoisotopic (exact) mass is 490 g/mol. The molecule has 140 valence electrons. The molecule has 1 saturated heterocycles. The van der Waals surface area contributed by atoms with E-state index in [1.165, 1.54) is 12.1 Å². The Balaban J connectivity index is 1.67. The van der Waals surface area contributed by atoms with E-state index in [9.17, 15) is 8.42 Å². The highest BCUT2D eigenvalue weighted by molar-refractivity contribution is 14.1. The smallest absolute Gasteiger partial charge is 0.297 e. The second-order valence-electron chi connectivity index (χ2n) is 5.89. The first-order chi connectivity index (χ1) is 12.4. The third kappa shape index (κ3) is 4.13. The molecule has 1 aliphatic rings. The predicted octanol–water partition coefficient (Wildman–Crippen LogP) is 3.46. The van der Waals surface area contributed by atoms with Crippen LogP contribution < -0.4 is 9.47 Å². The fraction of sp³-hybridized carbons (Fsp3) is 0.333. The van der Waals surface area contributed by atoms with Crippen LogP contribution in [0.15, 0.2) is 41.3 Å². The first-order valence-electron chi connectivity index (χ1n) is 7.88. The molecule has 1 aliphatic heterocycles. The molecule has 0 amide bonds. The van der Waals surface area contributed by atoms with Crippen LogP contribution >= 0.6 is 22.6 Å². The zero-order valence-electron chi connectivity index (χ0n) is 14.6. The molecule has 2 aromatic rings. The Hall–Kier alpha value is -1.36. The van der Waals surface area contributed by atoms with Gasteiger partial charge in [0.05, 0.1) is 29.3 Å². The molecule has 2 atom stereocenters. The van der Waals surface area contributed by atoms with Gasteiger partial charge in [0.15, 0.2) is 0 Å². The first-order valence-corrected chi connectivity index (χ1v) is 10.4. The lowest BCUT2D eigenvalue weighted by molar-refractivity contribution is 0.263. The van der Waals surface area contributed by atoms with Crippen molar-refractivity contribution >= 4 is 32.7 Å². The third-order valence-corrected chi connectivity index (χ3v) is 6.44. The normalized spacial score (nSPS) is 19.2. The second kappa shape index (κ2) is 7.71.